The number of carbonyl (C=O) groups excluding carboxylic acids is 1. The van der Waals surface area contributed by atoms with Crippen LogP contribution in [0.3, 0.4) is 0 Å². The lowest BCUT2D eigenvalue weighted by atomic mass is 9.88. The fourth-order valence-electron chi connectivity index (χ4n) is 2.76. The molecule has 0 radical (unpaired) electrons. The zero-order valence-corrected chi connectivity index (χ0v) is 13.0. The van der Waals surface area contributed by atoms with Gasteiger partial charge in [-0.2, -0.15) is 5.26 Å². The standard InChI is InChI=1S/C17H15FN2OS/c1-10-5-6-13-14(9-19)17(22-15(13)7-10)20-16(21)11-3-2-4-12(18)8-11/h2-4,8,10H,5-7H2,1H3,(H,20,21). The number of halogens is 1. The SMILES string of the molecule is CC1CCc2c(sc(NC(=O)c3cccc(F)c3)c2C#N)C1. The third-order valence-electron chi connectivity index (χ3n) is 3.94. The fourth-order valence-corrected chi connectivity index (χ4v) is 4.12. The van der Waals surface area contributed by atoms with E-state index in [9.17, 15) is 14.4 Å². The van der Waals surface area contributed by atoms with E-state index < -0.39 is 5.82 Å². The summed E-state index contributed by atoms with van der Waals surface area (Å²) in [4.78, 5) is 13.4. The van der Waals surface area contributed by atoms with Gasteiger partial charge in [0, 0.05) is 10.4 Å². The van der Waals surface area contributed by atoms with Gasteiger partial charge in [0.05, 0.1) is 5.56 Å². The Bertz CT molecular complexity index is 775. The second-order valence-corrected chi connectivity index (χ2v) is 6.74. The Kier molecular flexibility index (Phi) is 3.95. The maximum absolute atomic E-state index is 13.2. The average molecular weight is 314 g/mol. The van der Waals surface area contributed by atoms with Gasteiger partial charge in [0.2, 0.25) is 0 Å². The molecule has 2 aromatic rings. The highest BCUT2D eigenvalue weighted by molar-refractivity contribution is 7.16. The van der Waals surface area contributed by atoms with Crippen molar-refractivity contribution in [2.75, 3.05) is 5.32 Å². The number of fused-ring (bicyclic) bond motifs is 1. The molecule has 1 atom stereocenters. The summed E-state index contributed by atoms with van der Waals surface area (Å²) in [6, 6.07) is 7.75. The summed E-state index contributed by atoms with van der Waals surface area (Å²) in [5.41, 5.74) is 1.89. The molecule has 1 heterocycles. The van der Waals surface area contributed by atoms with Gasteiger partial charge in [0.15, 0.2) is 0 Å². The predicted molar refractivity (Wildman–Crippen MR) is 84.6 cm³/mol. The van der Waals surface area contributed by atoms with Gasteiger partial charge in [-0.3, -0.25) is 4.79 Å². The minimum absolute atomic E-state index is 0.253. The molecule has 1 aromatic carbocycles. The minimum Gasteiger partial charge on any atom is -0.312 e. The van der Waals surface area contributed by atoms with Crippen LogP contribution < -0.4 is 5.32 Å². The van der Waals surface area contributed by atoms with Crippen LogP contribution in [0.2, 0.25) is 0 Å². The third kappa shape index (κ3) is 2.75. The van der Waals surface area contributed by atoms with Gasteiger partial charge in [0.1, 0.15) is 16.9 Å². The molecule has 5 heteroatoms. The second-order valence-electron chi connectivity index (χ2n) is 5.63. The molecule has 0 spiro atoms. The second kappa shape index (κ2) is 5.90. The zero-order chi connectivity index (χ0) is 15.7. The van der Waals surface area contributed by atoms with Crippen LogP contribution in [0.15, 0.2) is 24.3 Å². The number of thiophene rings is 1. The summed E-state index contributed by atoms with van der Waals surface area (Å²) in [6.45, 7) is 2.19. The number of hydrogen-bond donors (Lipinski definition) is 1. The van der Waals surface area contributed by atoms with Gasteiger partial charge in [-0.25, -0.2) is 4.39 Å². The van der Waals surface area contributed by atoms with Crippen molar-refractivity contribution in [3.8, 4) is 6.07 Å². The van der Waals surface area contributed by atoms with Gasteiger partial charge < -0.3 is 5.32 Å². The summed E-state index contributed by atoms with van der Waals surface area (Å²) >= 11 is 1.47. The summed E-state index contributed by atoms with van der Waals surface area (Å²) < 4.78 is 13.2. The molecule has 1 aliphatic carbocycles. The molecule has 0 aliphatic heterocycles. The van der Waals surface area contributed by atoms with Crippen LogP contribution in [0.5, 0.6) is 0 Å². The fraction of sp³-hybridized carbons (Fsp3) is 0.294. The molecule has 0 saturated carbocycles. The minimum atomic E-state index is -0.451. The number of carbonyl (C=O) groups is 1. The van der Waals surface area contributed by atoms with Crippen LogP contribution in [0.4, 0.5) is 9.39 Å². The lowest BCUT2D eigenvalue weighted by Crippen LogP contribution is -2.12. The number of hydrogen-bond acceptors (Lipinski definition) is 3. The molecule has 0 bridgehead atoms. The normalized spacial score (nSPS) is 16.7. The highest BCUT2D eigenvalue weighted by Crippen LogP contribution is 2.39. The van der Waals surface area contributed by atoms with Crippen molar-refractivity contribution in [1.29, 1.82) is 5.26 Å². The number of nitrogens with one attached hydrogen (secondary N) is 1. The van der Waals surface area contributed by atoms with E-state index in [1.54, 1.807) is 6.07 Å². The van der Waals surface area contributed by atoms with Crippen LogP contribution in [0, 0.1) is 23.1 Å². The van der Waals surface area contributed by atoms with E-state index in [0.29, 0.717) is 16.5 Å². The first-order chi connectivity index (χ1) is 10.6. The first kappa shape index (κ1) is 14.7. The molecule has 1 unspecified atom stereocenters. The first-order valence-corrected chi connectivity index (χ1v) is 8.01. The number of anilines is 1. The summed E-state index contributed by atoms with van der Waals surface area (Å²) in [5, 5.41) is 12.7. The Morgan fingerprint density at radius 2 is 2.32 bits per heavy atom. The van der Waals surface area contributed by atoms with E-state index in [1.165, 1.54) is 34.4 Å². The lowest BCUT2D eigenvalue weighted by molar-refractivity contribution is 0.102. The molecule has 112 valence electrons. The lowest BCUT2D eigenvalue weighted by Gasteiger charge is -2.17. The molecule has 0 fully saturated rings. The third-order valence-corrected chi connectivity index (χ3v) is 5.11. The van der Waals surface area contributed by atoms with Crippen molar-refractivity contribution in [1.82, 2.24) is 0 Å². The molecule has 1 aliphatic rings. The summed E-state index contributed by atoms with van der Waals surface area (Å²) in [6.07, 6.45) is 2.89. The number of benzene rings is 1. The molecule has 3 rings (SSSR count). The molecule has 0 saturated heterocycles. The van der Waals surface area contributed by atoms with Crippen molar-refractivity contribution >= 4 is 22.2 Å². The molecule has 22 heavy (non-hydrogen) atoms. The van der Waals surface area contributed by atoms with Crippen molar-refractivity contribution in [3.63, 3.8) is 0 Å². The van der Waals surface area contributed by atoms with E-state index >= 15 is 0 Å². The van der Waals surface area contributed by atoms with Crippen molar-refractivity contribution in [2.24, 2.45) is 5.92 Å². The van der Waals surface area contributed by atoms with Gasteiger partial charge in [-0.15, -0.1) is 11.3 Å². The van der Waals surface area contributed by atoms with Crippen molar-refractivity contribution in [3.05, 3.63) is 51.7 Å². The molecule has 1 N–H and O–H groups in total. The topological polar surface area (TPSA) is 52.9 Å². The maximum atomic E-state index is 13.2. The van der Waals surface area contributed by atoms with Gasteiger partial charge in [-0.1, -0.05) is 13.0 Å². The van der Waals surface area contributed by atoms with Gasteiger partial charge in [0.25, 0.3) is 5.91 Å². The van der Waals surface area contributed by atoms with E-state index in [2.05, 4.69) is 18.3 Å². The smallest absolute Gasteiger partial charge is 0.256 e. The van der Waals surface area contributed by atoms with E-state index in [4.69, 9.17) is 0 Å². The van der Waals surface area contributed by atoms with Crippen LogP contribution in [0.1, 0.15) is 39.7 Å². The number of amides is 1. The van der Waals surface area contributed by atoms with Crippen molar-refractivity contribution in [2.45, 2.75) is 26.2 Å². The van der Waals surface area contributed by atoms with Crippen LogP contribution >= 0.6 is 11.3 Å². The number of nitriles is 1. The highest BCUT2D eigenvalue weighted by Gasteiger charge is 2.24. The first-order valence-electron chi connectivity index (χ1n) is 7.20. The Morgan fingerprint density at radius 3 is 3.05 bits per heavy atom. The van der Waals surface area contributed by atoms with Crippen LogP contribution in [0.25, 0.3) is 0 Å². The van der Waals surface area contributed by atoms with Crippen molar-refractivity contribution < 1.29 is 9.18 Å². The van der Waals surface area contributed by atoms with E-state index in [1.807, 2.05) is 0 Å². The van der Waals surface area contributed by atoms with E-state index in [0.717, 1.165) is 24.8 Å². The molecule has 1 aromatic heterocycles. The summed E-state index contributed by atoms with van der Waals surface area (Å²) in [7, 11) is 0. The monoisotopic (exact) mass is 314 g/mol. The molecular formula is C17H15FN2OS. The number of nitrogens with zero attached hydrogens (tertiary/aromatic N) is 1. The Morgan fingerprint density at radius 1 is 1.50 bits per heavy atom. The van der Waals surface area contributed by atoms with Crippen LogP contribution in [-0.2, 0) is 12.8 Å². The van der Waals surface area contributed by atoms with Crippen LogP contribution in [-0.4, -0.2) is 5.91 Å². The number of rotatable bonds is 2. The Labute approximate surface area is 132 Å². The Balaban J connectivity index is 1.90. The Hall–Kier alpha value is -2.19. The quantitative estimate of drug-likeness (QED) is 0.906. The van der Waals surface area contributed by atoms with E-state index in [-0.39, 0.29) is 11.5 Å². The largest absolute Gasteiger partial charge is 0.312 e. The average Bonchev–Trinajstić information content (AvgIpc) is 2.83. The van der Waals surface area contributed by atoms with Gasteiger partial charge in [-0.05, 0) is 48.9 Å². The van der Waals surface area contributed by atoms with Gasteiger partial charge >= 0.3 is 0 Å². The maximum Gasteiger partial charge on any atom is 0.256 e. The highest BCUT2D eigenvalue weighted by atomic mass is 32.1. The summed E-state index contributed by atoms with van der Waals surface area (Å²) in [5.74, 6) is -0.237. The molecule has 1 amide bonds. The predicted octanol–water partition coefficient (Wildman–Crippen LogP) is 4.14. The zero-order valence-electron chi connectivity index (χ0n) is 12.1. The molecular weight excluding hydrogens is 299 g/mol. The molecule has 3 nitrogen and oxygen atoms in total.